The SMILES string of the molecule is CNC(=O)CN1CCC(NC(=NCc2cccs2)NCCc2ccco2)CC1. The zero-order valence-corrected chi connectivity index (χ0v) is 17.1. The maximum atomic E-state index is 11.5. The average molecular weight is 404 g/mol. The van der Waals surface area contributed by atoms with Gasteiger partial charge in [0.2, 0.25) is 5.91 Å². The van der Waals surface area contributed by atoms with Gasteiger partial charge in [-0.15, -0.1) is 11.3 Å². The van der Waals surface area contributed by atoms with Gasteiger partial charge >= 0.3 is 0 Å². The number of guanidine groups is 1. The number of nitrogens with zero attached hydrogens (tertiary/aromatic N) is 2. The molecule has 152 valence electrons. The maximum Gasteiger partial charge on any atom is 0.233 e. The fourth-order valence-electron chi connectivity index (χ4n) is 3.18. The number of carbonyl (C=O) groups is 1. The molecule has 0 bridgehead atoms. The van der Waals surface area contributed by atoms with E-state index in [0.29, 0.717) is 19.1 Å². The molecule has 0 saturated carbocycles. The van der Waals surface area contributed by atoms with Crippen LogP contribution in [0, 0.1) is 0 Å². The first kappa shape index (κ1) is 20.4. The lowest BCUT2D eigenvalue weighted by Gasteiger charge is -2.32. The highest BCUT2D eigenvalue weighted by molar-refractivity contribution is 7.09. The molecule has 1 aliphatic heterocycles. The molecular weight excluding hydrogens is 374 g/mol. The van der Waals surface area contributed by atoms with Gasteiger partial charge in [-0.05, 0) is 36.4 Å². The number of rotatable bonds is 8. The number of likely N-dealkylation sites (N-methyl/N-ethyl adjacent to an activating group) is 1. The van der Waals surface area contributed by atoms with Crippen molar-refractivity contribution in [3.63, 3.8) is 0 Å². The first-order valence-electron chi connectivity index (χ1n) is 9.75. The summed E-state index contributed by atoms with van der Waals surface area (Å²) < 4.78 is 5.40. The highest BCUT2D eigenvalue weighted by Crippen LogP contribution is 2.11. The number of piperidine rings is 1. The van der Waals surface area contributed by atoms with Gasteiger partial charge in [-0.2, -0.15) is 0 Å². The quantitative estimate of drug-likeness (QED) is 0.463. The van der Waals surface area contributed by atoms with Gasteiger partial charge < -0.3 is 20.4 Å². The van der Waals surface area contributed by atoms with Crippen molar-refractivity contribution in [1.29, 1.82) is 0 Å². The van der Waals surface area contributed by atoms with Crippen LogP contribution in [0.4, 0.5) is 0 Å². The lowest BCUT2D eigenvalue weighted by atomic mass is 10.1. The van der Waals surface area contributed by atoms with E-state index in [0.717, 1.165) is 50.6 Å². The van der Waals surface area contributed by atoms with E-state index in [4.69, 9.17) is 9.41 Å². The zero-order chi connectivity index (χ0) is 19.6. The molecule has 1 saturated heterocycles. The first-order chi connectivity index (χ1) is 13.7. The van der Waals surface area contributed by atoms with Crippen LogP contribution in [0.25, 0.3) is 0 Å². The van der Waals surface area contributed by atoms with Gasteiger partial charge in [0.05, 0.1) is 19.4 Å². The maximum absolute atomic E-state index is 11.5. The highest BCUT2D eigenvalue weighted by Gasteiger charge is 2.21. The monoisotopic (exact) mass is 403 g/mol. The van der Waals surface area contributed by atoms with Gasteiger partial charge in [0.25, 0.3) is 0 Å². The van der Waals surface area contributed by atoms with Crippen molar-refractivity contribution in [3.05, 3.63) is 46.5 Å². The number of nitrogens with one attached hydrogen (secondary N) is 3. The molecule has 3 rings (SSSR count). The van der Waals surface area contributed by atoms with E-state index in [1.54, 1.807) is 24.6 Å². The number of carbonyl (C=O) groups excluding carboxylic acids is 1. The molecule has 3 heterocycles. The standard InChI is InChI=1S/C20H29N5O2S/c1-21-19(26)15-25-10-7-16(8-11-25)24-20(23-14-18-5-3-13-28-18)22-9-6-17-4-2-12-27-17/h2-5,12-13,16H,6-11,14-15H2,1H3,(H,21,26)(H2,22,23,24). The number of amides is 1. The van der Waals surface area contributed by atoms with E-state index >= 15 is 0 Å². The van der Waals surface area contributed by atoms with E-state index in [1.807, 2.05) is 12.1 Å². The van der Waals surface area contributed by atoms with Crippen molar-refractivity contribution in [2.75, 3.05) is 33.2 Å². The Morgan fingerprint density at radius 3 is 2.86 bits per heavy atom. The first-order valence-corrected chi connectivity index (χ1v) is 10.6. The smallest absolute Gasteiger partial charge is 0.233 e. The van der Waals surface area contributed by atoms with Crippen molar-refractivity contribution >= 4 is 23.2 Å². The van der Waals surface area contributed by atoms with E-state index in [-0.39, 0.29) is 5.91 Å². The third kappa shape index (κ3) is 6.69. The van der Waals surface area contributed by atoms with Gasteiger partial charge in [-0.25, -0.2) is 4.99 Å². The Balaban J connectivity index is 1.50. The number of thiophene rings is 1. The molecule has 8 heteroatoms. The Labute approximate surface area is 170 Å². The minimum Gasteiger partial charge on any atom is -0.469 e. The third-order valence-corrected chi connectivity index (χ3v) is 5.65. The van der Waals surface area contributed by atoms with Gasteiger partial charge in [0.1, 0.15) is 5.76 Å². The van der Waals surface area contributed by atoms with Crippen molar-refractivity contribution in [3.8, 4) is 0 Å². The second-order valence-electron chi connectivity index (χ2n) is 6.87. The molecule has 3 N–H and O–H groups in total. The van der Waals surface area contributed by atoms with Crippen LogP contribution in [0.5, 0.6) is 0 Å². The molecule has 1 amide bonds. The Kier molecular flexibility index (Phi) is 7.93. The Bertz CT molecular complexity index is 722. The Morgan fingerprint density at radius 1 is 1.32 bits per heavy atom. The third-order valence-electron chi connectivity index (χ3n) is 4.79. The predicted molar refractivity (Wildman–Crippen MR) is 113 cm³/mol. The number of likely N-dealkylation sites (tertiary alicyclic amines) is 1. The molecule has 0 radical (unpaired) electrons. The normalized spacial score (nSPS) is 16.1. The lowest BCUT2D eigenvalue weighted by Crippen LogP contribution is -2.50. The van der Waals surface area contributed by atoms with Crippen molar-refractivity contribution in [2.45, 2.75) is 31.8 Å². The summed E-state index contributed by atoms with van der Waals surface area (Å²) in [4.78, 5) is 19.7. The fourth-order valence-corrected chi connectivity index (χ4v) is 3.81. The summed E-state index contributed by atoms with van der Waals surface area (Å²) in [6.07, 6.45) is 4.51. The van der Waals surface area contributed by atoms with Crippen LogP contribution in [0.3, 0.4) is 0 Å². The van der Waals surface area contributed by atoms with Gasteiger partial charge in [-0.1, -0.05) is 6.07 Å². The molecule has 2 aromatic heterocycles. The number of hydrogen-bond donors (Lipinski definition) is 3. The molecular formula is C20H29N5O2S. The molecule has 1 fully saturated rings. The van der Waals surface area contributed by atoms with Crippen LogP contribution in [0.1, 0.15) is 23.5 Å². The summed E-state index contributed by atoms with van der Waals surface area (Å²) >= 11 is 1.72. The second-order valence-corrected chi connectivity index (χ2v) is 7.90. The summed E-state index contributed by atoms with van der Waals surface area (Å²) in [5.41, 5.74) is 0. The largest absolute Gasteiger partial charge is 0.469 e. The van der Waals surface area contributed by atoms with Crippen molar-refractivity contribution in [1.82, 2.24) is 20.9 Å². The van der Waals surface area contributed by atoms with Gasteiger partial charge in [-0.3, -0.25) is 9.69 Å². The Morgan fingerprint density at radius 2 is 2.18 bits per heavy atom. The summed E-state index contributed by atoms with van der Waals surface area (Å²) in [7, 11) is 1.68. The lowest BCUT2D eigenvalue weighted by molar-refractivity contribution is -0.122. The molecule has 0 unspecified atom stereocenters. The second kappa shape index (κ2) is 10.9. The summed E-state index contributed by atoms with van der Waals surface area (Å²) in [5.74, 6) is 1.88. The average Bonchev–Trinajstić information content (AvgIpc) is 3.41. The summed E-state index contributed by atoms with van der Waals surface area (Å²) in [5, 5.41) is 11.8. The van der Waals surface area contributed by atoms with E-state index in [1.165, 1.54) is 4.88 Å². The molecule has 0 atom stereocenters. The highest BCUT2D eigenvalue weighted by atomic mass is 32.1. The summed E-state index contributed by atoms with van der Waals surface area (Å²) in [6.45, 7) is 3.73. The fraction of sp³-hybridized carbons (Fsp3) is 0.500. The Hall–Kier alpha value is -2.32. The molecule has 0 spiro atoms. The molecule has 0 aliphatic carbocycles. The topological polar surface area (TPSA) is 81.9 Å². The van der Waals surface area contributed by atoms with Crippen molar-refractivity contribution in [2.24, 2.45) is 4.99 Å². The molecule has 0 aromatic carbocycles. The number of hydrogen-bond acceptors (Lipinski definition) is 5. The van der Waals surface area contributed by atoms with Crippen LogP contribution in [0.2, 0.25) is 0 Å². The number of furan rings is 1. The number of aliphatic imine (C=N–C) groups is 1. The van der Waals surface area contributed by atoms with Crippen LogP contribution in [-0.4, -0.2) is 56.0 Å². The predicted octanol–water partition coefficient (Wildman–Crippen LogP) is 1.83. The molecule has 1 aliphatic rings. The van der Waals surface area contributed by atoms with Crippen LogP contribution in [0.15, 0.2) is 45.3 Å². The van der Waals surface area contributed by atoms with Crippen molar-refractivity contribution < 1.29 is 9.21 Å². The minimum atomic E-state index is 0.0733. The van der Waals surface area contributed by atoms with E-state index < -0.39 is 0 Å². The molecule has 28 heavy (non-hydrogen) atoms. The summed E-state index contributed by atoms with van der Waals surface area (Å²) in [6, 6.07) is 8.41. The van der Waals surface area contributed by atoms with Crippen LogP contribution < -0.4 is 16.0 Å². The minimum absolute atomic E-state index is 0.0733. The van der Waals surface area contributed by atoms with Crippen LogP contribution in [-0.2, 0) is 17.8 Å². The van der Waals surface area contributed by atoms with E-state index in [9.17, 15) is 4.79 Å². The molecule has 7 nitrogen and oxygen atoms in total. The van der Waals surface area contributed by atoms with Crippen LogP contribution >= 0.6 is 11.3 Å². The molecule has 2 aromatic rings. The van der Waals surface area contributed by atoms with Gasteiger partial charge in [0, 0.05) is 44.0 Å². The van der Waals surface area contributed by atoms with Gasteiger partial charge in [0.15, 0.2) is 5.96 Å². The van der Waals surface area contributed by atoms with E-state index in [2.05, 4.69) is 38.4 Å². The zero-order valence-electron chi connectivity index (χ0n) is 16.3.